The molecular weight excluding hydrogens is 266 g/mol. The zero-order valence-corrected chi connectivity index (χ0v) is 13.0. The van der Waals surface area contributed by atoms with Crippen molar-refractivity contribution >= 4 is 11.0 Å². The van der Waals surface area contributed by atoms with Crippen LogP contribution in [0.3, 0.4) is 0 Å². The number of rotatable bonds is 10. The van der Waals surface area contributed by atoms with E-state index in [1.54, 1.807) is 7.11 Å². The fourth-order valence-corrected chi connectivity index (χ4v) is 2.34. The number of aromatic nitrogens is 2. The molecule has 0 aromatic carbocycles. The number of hydrogen-bond donors (Lipinski definition) is 1. The summed E-state index contributed by atoms with van der Waals surface area (Å²) in [5, 5.41) is 4.59. The summed E-state index contributed by atoms with van der Waals surface area (Å²) in [6, 6.07) is 4.12. The third-order valence-corrected chi connectivity index (χ3v) is 3.40. The van der Waals surface area contributed by atoms with Crippen molar-refractivity contribution in [3.8, 4) is 0 Å². The van der Waals surface area contributed by atoms with E-state index in [1.807, 2.05) is 12.3 Å². The topological polar surface area (TPSA) is 48.3 Å². The molecule has 2 aromatic heterocycles. The first-order valence-corrected chi connectivity index (χ1v) is 7.57. The Kier molecular flexibility index (Phi) is 6.66. The molecule has 0 amide bonds. The SMILES string of the molecule is CCNCc1cn(CCOCCCOC)c2ncccc12. The first-order chi connectivity index (χ1) is 10.4. The summed E-state index contributed by atoms with van der Waals surface area (Å²) in [5.41, 5.74) is 2.32. The standard InChI is InChI=1S/C16H25N3O2/c1-3-17-12-14-13-19(8-11-21-10-5-9-20-2)16-15(14)6-4-7-18-16/h4,6-7,13,17H,3,5,8-12H2,1-2H3. The molecule has 0 saturated heterocycles. The van der Waals surface area contributed by atoms with E-state index in [0.29, 0.717) is 6.61 Å². The predicted octanol–water partition coefficient (Wildman–Crippen LogP) is 2.20. The second kappa shape index (κ2) is 8.77. The summed E-state index contributed by atoms with van der Waals surface area (Å²) < 4.78 is 12.8. The van der Waals surface area contributed by atoms with Crippen LogP contribution in [0.2, 0.25) is 0 Å². The van der Waals surface area contributed by atoms with Crippen LogP contribution in [0.25, 0.3) is 11.0 Å². The lowest BCUT2D eigenvalue weighted by molar-refractivity contribution is 0.0981. The average Bonchev–Trinajstić information content (AvgIpc) is 2.87. The van der Waals surface area contributed by atoms with Crippen molar-refractivity contribution in [1.82, 2.24) is 14.9 Å². The van der Waals surface area contributed by atoms with Gasteiger partial charge in [-0.05, 0) is 30.7 Å². The summed E-state index contributed by atoms with van der Waals surface area (Å²) >= 11 is 0. The van der Waals surface area contributed by atoms with Crippen molar-refractivity contribution in [3.63, 3.8) is 0 Å². The Morgan fingerprint density at radius 1 is 1.29 bits per heavy atom. The molecule has 0 saturated carbocycles. The molecule has 5 nitrogen and oxygen atoms in total. The van der Waals surface area contributed by atoms with E-state index in [4.69, 9.17) is 9.47 Å². The molecule has 21 heavy (non-hydrogen) atoms. The van der Waals surface area contributed by atoms with E-state index in [9.17, 15) is 0 Å². The van der Waals surface area contributed by atoms with Gasteiger partial charge in [0.05, 0.1) is 6.61 Å². The molecule has 0 aliphatic heterocycles. The van der Waals surface area contributed by atoms with Crippen LogP contribution < -0.4 is 5.32 Å². The maximum atomic E-state index is 5.63. The molecule has 2 heterocycles. The zero-order valence-electron chi connectivity index (χ0n) is 13.0. The van der Waals surface area contributed by atoms with E-state index in [2.05, 4.69) is 34.1 Å². The maximum Gasteiger partial charge on any atom is 0.140 e. The third-order valence-electron chi connectivity index (χ3n) is 3.40. The highest BCUT2D eigenvalue weighted by atomic mass is 16.5. The molecule has 5 heteroatoms. The second-order valence-electron chi connectivity index (χ2n) is 4.96. The van der Waals surface area contributed by atoms with Gasteiger partial charge in [-0.25, -0.2) is 4.98 Å². The third kappa shape index (κ3) is 4.52. The number of nitrogens with zero attached hydrogens (tertiary/aromatic N) is 2. The average molecular weight is 291 g/mol. The molecular formula is C16H25N3O2. The van der Waals surface area contributed by atoms with Crippen LogP contribution in [-0.2, 0) is 22.6 Å². The normalized spacial score (nSPS) is 11.3. The number of ether oxygens (including phenoxy) is 2. The Bertz CT molecular complexity index is 539. The first kappa shape index (κ1) is 15.9. The molecule has 0 fully saturated rings. The Morgan fingerprint density at radius 3 is 3.00 bits per heavy atom. The highest BCUT2D eigenvalue weighted by molar-refractivity contribution is 5.80. The zero-order chi connectivity index (χ0) is 14.9. The minimum absolute atomic E-state index is 0.699. The molecule has 2 rings (SSSR count). The lowest BCUT2D eigenvalue weighted by Gasteiger charge is -2.06. The van der Waals surface area contributed by atoms with E-state index < -0.39 is 0 Å². The predicted molar refractivity (Wildman–Crippen MR) is 84.4 cm³/mol. The number of fused-ring (bicyclic) bond motifs is 1. The molecule has 0 atom stereocenters. The van der Waals surface area contributed by atoms with Gasteiger partial charge >= 0.3 is 0 Å². The van der Waals surface area contributed by atoms with Crippen LogP contribution in [0.15, 0.2) is 24.5 Å². The molecule has 0 unspecified atom stereocenters. The van der Waals surface area contributed by atoms with Crippen molar-refractivity contribution in [2.75, 3.05) is 33.5 Å². The summed E-state index contributed by atoms with van der Waals surface area (Å²) in [4.78, 5) is 4.50. The molecule has 1 N–H and O–H groups in total. The first-order valence-electron chi connectivity index (χ1n) is 7.57. The van der Waals surface area contributed by atoms with Gasteiger partial charge in [-0.2, -0.15) is 0 Å². The van der Waals surface area contributed by atoms with E-state index in [0.717, 1.165) is 44.9 Å². The fraction of sp³-hybridized carbons (Fsp3) is 0.562. The van der Waals surface area contributed by atoms with Gasteiger partial charge < -0.3 is 19.4 Å². The molecule has 0 aliphatic carbocycles. The Hall–Kier alpha value is -1.43. The van der Waals surface area contributed by atoms with Crippen molar-refractivity contribution in [3.05, 3.63) is 30.1 Å². The van der Waals surface area contributed by atoms with E-state index >= 15 is 0 Å². The number of nitrogens with one attached hydrogen (secondary N) is 1. The molecule has 0 bridgehead atoms. The second-order valence-corrected chi connectivity index (χ2v) is 4.96. The van der Waals surface area contributed by atoms with Crippen LogP contribution in [0.1, 0.15) is 18.9 Å². The van der Waals surface area contributed by atoms with Gasteiger partial charge in [0.1, 0.15) is 5.65 Å². The number of methoxy groups -OCH3 is 1. The molecule has 0 aliphatic rings. The molecule has 116 valence electrons. The maximum absolute atomic E-state index is 5.63. The van der Waals surface area contributed by atoms with Crippen LogP contribution in [0.4, 0.5) is 0 Å². The van der Waals surface area contributed by atoms with Gasteiger partial charge in [-0.3, -0.25) is 0 Å². The fourth-order valence-electron chi connectivity index (χ4n) is 2.34. The number of pyridine rings is 1. The Balaban J connectivity index is 1.95. The quantitative estimate of drug-likeness (QED) is 0.682. The van der Waals surface area contributed by atoms with Crippen LogP contribution in [0, 0.1) is 0 Å². The largest absolute Gasteiger partial charge is 0.385 e. The van der Waals surface area contributed by atoms with Gasteiger partial charge in [0.15, 0.2) is 0 Å². The lowest BCUT2D eigenvalue weighted by Crippen LogP contribution is -2.11. The van der Waals surface area contributed by atoms with E-state index in [1.165, 1.54) is 10.9 Å². The minimum Gasteiger partial charge on any atom is -0.385 e. The molecule has 0 radical (unpaired) electrons. The van der Waals surface area contributed by atoms with E-state index in [-0.39, 0.29) is 0 Å². The lowest BCUT2D eigenvalue weighted by atomic mass is 10.2. The number of hydrogen-bond acceptors (Lipinski definition) is 4. The summed E-state index contributed by atoms with van der Waals surface area (Å²) in [7, 11) is 1.71. The van der Waals surface area contributed by atoms with Gasteiger partial charge in [0.2, 0.25) is 0 Å². The highest BCUT2D eigenvalue weighted by Crippen LogP contribution is 2.19. The summed E-state index contributed by atoms with van der Waals surface area (Å²) in [5.74, 6) is 0. The van der Waals surface area contributed by atoms with Crippen molar-refractivity contribution in [2.45, 2.75) is 26.4 Å². The van der Waals surface area contributed by atoms with Gasteiger partial charge in [-0.15, -0.1) is 0 Å². The van der Waals surface area contributed by atoms with Gasteiger partial charge in [0.25, 0.3) is 0 Å². The van der Waals surface area contributed by atoms with Crippen LogP contribution in [-0.4, -0.2) is 43.0 Å². The monoisotopic (exact) mass is 291 g/mol. The van der Waals surface area contributed by atoms with Crippen LogP contribution in [0.5, 0.6) is 0 Å². The highest BCUT2D eigenvalue weighted by Gasteiger charge is 2.08. The molecule has 2 aromatic rings. The Morgan fingerprint density at radius 2 is 2.19 bits per heavy atom. The van der Waals surface area contributed by atoms with Gasteiger partial charge in [-0.1, -0.05) is 6.92 Å². The van der Waals surface area contributed by atoms with Crippen LogP contribution >= 0.6 is 0 Å². The summed E-state index contributed by atoms with van der Waals surface area (Å²) in [6.45, 7) is 6.98. The Labute approximate surface area is 126 Å². The van der Waals surface area contributed by atoms with Crippen molar-refractivity contribution in [1.29, 1.82) is 0 Å². The van der Waals surface area contributed by atoms with Gasteiger partial charge in [0, 0.05) is 51.2 Å². The van der Waals surface area contributed by atoms with Crippen molar-refractivity contribution < 1.29 is 9.47 Å². The molecule has 0 spiro atoms. The minimum atomic E-state index is 0.699. The smallest absolute Gasteiger partial charge is 0.140 e. The summed E-state index contributed by atoms with van der Waals surface area (Å²) in [6.07, 6.45) is 4.96. The van der Waals surface area contributed by atoms with Crippen molar-refractivity contribution in [2.24, 2.45) is 0 Å².